The summed E-state index contributed by atoms with van der Waals surface area (Å²) in [6, 6.07) is 4.46. The van der Waals surface area contributed by atoms with E-state index in [0.717, 1.165) is 22.9 Å². The molecule has 1 aromatic carbocycles. The van der Waals surface area contributed by atoms with Crippen LogP contribution in [0.2, 0.25) is 5.02 Å². The first-order valence-electron chi connectivity index (χ1n) is 8.47. The van der Waals surface area contributed by atoms with Crippen molar-refractivity contribution in [1.82, 2.24) is 5.32 Å². The van der Waals surface area contributed by atoms with Crippen LogP contribution >= 0.6 is 11.6 Å². The van der Waals surface area contributed by atoms with Crippen molar-refractivity contribution in [1.29, 1.82) is 0 Å². The molecule has 1 aromatic rings. The van der Waals surface area contributed by atoms with E-state index in [1.54, 1.807) is 7.11 Å². The summed E-state index contributed by atoms with van der Waals surface area (Å²) in [4.78, 5) is 0. The van der Waals surface area contributed by atoms with E-state index in [9.17, 15) is 0 Å². The van der Waals surface area contributed by atoms with E-state index in [0.29, 0.717) is 18.4 Å². The van der Waals surface area contributed by atoms with Gasteiger partial charge >= 0.3 is 0 Å². The van der Waals surface area contributed by atoms with E-state index in [2.05, 4.69) is 5.32 Å². The maximum absolute atomic E-state index is 6.38. The predicted molar refractivity (Wildman–Crippen MR) is 92.1 cm³/mol. The van der Waals surface area contributed by atoms with Crippen LogP contribution in [-0.2, 0) is 6.54 Å². The molecule has 0 unspecified atom stereocenters. The zero-order valence-corrected chi connectivity index (χ0v) is 14.5. The number of hydrogen-bond acceptors (Lipinski definition) is 3. The Morgan fingerprint density at radius 3 is 2.41 bits per heavy atom. The van der Waals surface area contributed by atoms with Gasteiger partial charge < -0.3 is 14.8 Å². The summed E-state index contributed by atoms with van der Waals surface area (Å²) >= 11 is 6.38. The molecule has 0 aromatic heterocycles. The smallest absolute Gasteiger partial charge is 0.162 e. The van der Waals surface area contributed by atoms with Crippen LogP contribution in [0.5, 0.6) is 11.5 Å². The quantitative estimate of drug-likeness (QED) is 0.802. The van der Waals surface area contributed by atoms with Crippen molar-refractivity contribution >= 4 is 11.6 Å². The molecular weight excluding hydrogens is 298 g/mol. The molecule has 4 heteroatoms. The van der Waals surface area contributed by atoms with Crippen molar-refractivity contribution in [2.24, 2.45) is 0 Å². The first-order valence-corrected chi connectivity index (χ1v) is 8.85. The van der Waals surface area contributed by atoms with Crippen molar-refractivity contribution in [2.45, 2.75) is 64.5 Å². The summed E-state index contributed by atoms with van der Waals surface area (Å²) in [5.74, 6) is 1.46. The van der Waals surface area contributed by atoms with Crippen LogP contribution in [0.3, 0.4) is 0 Å². The average Bonchev–Trinajstić information content (AvgIpc) is 2.48. The summed E-state index contributed by atoms with van der Waals surface area (Å²) in [5, 5.41) is 4.41. The molecular formula is C18H28ClNO2. The lowest BCUT2D eigenvalue weighted by Gasteiger charge is -2.22. The van der Waals surface area contributed by atoms with Crippen LogP contribution in [-0.4, -0.2) is 19.8 Å². The molecule has 0 amide bonds. The van der Waals surface area contributed by atoms with Crippen molar-refractivity contribution in [2.75, 3.05) is 13.7 Å². The third-order valence-corrected chi connectivity index (χ3v) is 4.67. The molecule has 1 fully saturated rings. The molecule has 0 aliphatic heterocycles. The number of nitrogens with one attached hydrogen (secondary N) is 1. The SMILES string of the molecule is CCOc1cc(CNC2CCCCCCC2)c(Cl)cc1OC. The van der Waals surface area contributed by atoms with Crippen LogP contribution in [0.1, 0.15) is 57.4 Å². The van der Waals surface area contributed by atoms with Gasteiger partial charge in [-0.15, -0.1) is 0 Å². The van der Waals surface area contributed by atoms with Gasteiger partial charge in [-0.25, -0.2) is 0 Å². The Morgan fingerprint density at radius 1 is 1.09 bits per heavy atom. The third-order valence-electron chi connectivity index (χ3n) is 4.32. The van der Waals surface area contributed by atoms with Crippen LogP contribution in [0.25, 0.3) is 0 Å². The number of methoxy groups -OCH3 is 1. The number of benzene rings is 1. The number of halogens is 1. The lowest BCUT2D eigenvalue weighted by atomic mass is 9.96. The third kappa shape index (κ3) is 5.06. The Balaban J connectivity index is 2.00. The topological polar surface area (TPSA) is 30.5 Å². The van der Waals surface area contributed by atoms with Crippen molar-refractivity contribution in [3.63, 3.8) is 0 Å². The second-order valence-corrected chi connectivity index (χ2v) is 6.36. The van der Waals surface area contributed by atoms with Crippen LogP contribution in [0.15, 0.2) is 12.1 Å². The van der Waals surface area contributed by atoms with Gasteiger partial charge in [0.15, 0.2) is 11.5 Å². The standard InChI is InChI=1S/C18H28ClNO2/c1-3-22-18-11-14(16(19)12-17(18)21-2)13-20-15-9-7-5-4-6-8-10-15/h11-12,15,20H,3-10,13H2,1-2H3. The van der Waals surface area contributed by atoms with Gasteiger partial charge in [0.2, 0.25) is 0 Å². The molecule has 0 radical (unpaired) electrons. The Labute approximate surface area is 139 Å². The minimum Gasteiger partial charge on any atom is -0.493 e. The highest BCUT2D eigenvalue weighted by atomic mass is 35.5. The monoisotopic (exact) mass is 325 g/mol. The van der Waals surface area contributed by atoms with E-state index >= 15 is 0 Å². The fourth-order valence-electron chi connectivity index (χ4n) is 3.06. The maximum atomic E-state index is 6.38. The second-order valence-electron chi connectivity index (χ2n) is 5.95. The number of rotatable bonds is 6. The van der Waals surface area contributed by atoms with Gasteiger partial charge in [0.05, 0.1) is 13.7 Å². The fourth-order valence-corrected chi connectivity index (χ4v) is 3.28. The van der Waals surface area contributed by atoms with E-state index < -0.39 is 0 Å². The molecule has 124 valence electrons. The molecule has 0 bridgehead atoms. The molecule has 1 saturated carbocycles. The molecule has 0 atom stereocenters. The molecule has 1 aliphatic carbocycles. The van der Waals surface area contributed by atoms with Gasteiger partial charge in [-0.05, 0) is 31.4 Å². The van der Waals surface area contributed by atoms with E-state index in [-0.39, 0.29) is 0 Å². The van der Waals surface area contributed by atoms with Crippen molar-refractivity contribution in [3.05, 3.63) is 22.7 Å². The number of ether oxygens (including phenoxy) is 2. The summed E-state index contributed by atoms with van der Waals surface area (Å²) in [6.07, 6.45) is 9.34. The summed E-state index contributed by atoms with van der Waals surface area (Å²) in [7, 11) is 1.64. The Bertz CT molecular complexity index is 457. The summed E-state index contributed by atoms with van der Waals surface area (Å²) in [5.41, 5.74) is 1.08. The predicted octanol–water partition coefficient (Wildman–Crippen LogP) is 4.95. The molecule has 1 N–H and O–H groups in total. The van der Waals surface area contributed by atoms with Crippen molar-refractivity contribution < 1.29 is 9.47 Å². The summed E-state index contributed by atoms with van der Waals surface area (Å²) in [6.45, 7) is 3.38. The maximum Gasteiger partial charge on any atom is 0.162 e. The fraction of sp³-hybridized carbons (Fsp3) is 0.667. The minimum absolute atomic E-state index is 0.606. The van der Waals surface area contributed by atoms with Gasteiger partial charge in [0.1, 0.15) is 0 Å². The Morgan fingerprint density at radius 2 is 1.77 bits per heavy atom. The zero-order valence-electron chi connectivity index (χ0n) is 13.8. The average molecular weight is 326 g/mol. The zero-order chi connectivity index (χ0) is 15.8. The molecule has 0 heterocycles. The molecule has 2 rings (SSSR count). The van der Waals surface area contributed by atoms with Gasteiger partial charge in [0, 0.05) is 23.7 Å². The van der Waals surface area contributed by atoms with E-state index in [1.807, 2.05) is 19.1 Å². The Kier molecular flexibility index (Phi) is 7.34. The highest BCUT2D eigenvalue weighted by Gasteiger charge is 2.14. The van der Waals surface area contributed by atoms with Gasteiger partial charge in [-0.3, -0.25) is 0 Å². The first-order chi connectivity index (χ1) is 10.7. The minimum atomic E-state index is 0.606. The normalized spacial score (nSPS) is 16.9. The van der Waals surface area contributed by atoms with E-state index in [1.165, 1.54) is 44.9 Å². The summed E-state index contributed by atoms with van der Waals surface area (Å²) < 4.78 is 11.0. The molecule has 1 aliphatic rings. The molecule has 0 spiro atoms. The molecule has 0 saturated heterocycles. The van der Waals surface area contributed by atoms with Gasteiger partial charge in [0.25, 0.3) is 0 Å². The highest BCUT2D eigenvalue weighted by Crippen LogP contribution is 2.33. The first kappa shape index (κ1) is 17.4. The number of hydrogen-bond donors (Lipinski definition) is 1. The lowest BCUT2D eigenvalue weighted by Crippen LogP contribution is -2.29. The van der Waals surface area contributed by atoms with Crippen LogP contribution in [0, 0.1) is 0 Å². The largest absolute Gasteiger partial charge is 0.493 e. The van der Waals surface area contributed by atoms with Gasteiger partial charge in [-0.2, -0.15) is 0 Å². The Hall–Kier alpha value is -0.930. The van der Waals surface area contributed by atoms with E-state index in [4.69, 9.17) is 21.1 Å². The van der Waals surface area contributed by atoms with Gasteiger partial charge in [-0.1, -0.05) is 43.7 Å². The van der Waals surface area contributed by atoms with Crippen LogP contribution in [0.4, 0.5) is 0 Å². The second kappa shape index (κ2) is 9.26. The lowest BCUT2D eigenvalue weighted by molar-refractivity contribution is 0.310. The van der Waals surface area contributed by atoms with Crippen molar-refractivity contribution in [3.8, 4) is 11.5 Å². The highest BCUT2D eigenvalue weighted by molar-refractivity contribution is 6.31. The molecule has 3 nitrogen and oxygen atoms in total. The molecule has 22 heavy (non-hydrogen) atoms. The van der Waals surface area contributed by atoms with Crippen LogP contribution < -0.4 is 14.8 Å².